The maximum atomic E-state index is 3.58. The standard InChI is InChI=1S/C13H19N/c1-3-8-14-10(2)13-9-11-6-4-5-7-12(11)13/h4-7,10,13-14H,3,8-9H2,1-2H3. The smallest absolute Gasteiger partial charge is 0.0111 e. The lowest BCUT2D eigenvalue weighted by molar-refractivity contribution is 0.425. The molecular weight excluding hydrogens is 170 g/mol. The van der Waals surface area contributed by atoms with Gasteiger partial charge in [-0.3, -0.25) is 0 Å². The molecule has 1 heteroatoms. The molecule has 1 aromatic rings. The fourth-order valence-corrected chi connectivity index (χ4v) is 2.26. The van der Waals surface area contributed by atoms with Gasteiger partial charge in [0.2, 0.25) is 0 Å². The summed E-state index contributed by atoms with van der Waals surface area (Å²) in [6.07, 6.45) is 2.48. The summed E-state index contributed by atoms with van der Waals surface area (Å²) in [6.45, 7) is 5.66. The van der Waals surface area contributed by atoms with Gasteiger partial charge in [0.05, 0.1) is 0 Å². The van der Waals surface area contributed by atoms with Gasteiger partial charge in [0, 0.05) is 12.0 Å². The van der Waals surface area contributed by atoms with Crippen molar-refractivity contribution in [2.24, 2.45) is 0 Å². The maximum absolute atomic E-state index is 3.58. The second-order valence-electron chi connectivity index (χ2n) is 4.25. The molecule has 0 saturated carbocycles. The van der Waals surface area contributed by atoms with Crippen molar-refractivity contribution in [1.29, 1.82) is 0 Å². The predicted octanol–water partition coefficient (Wildman–Crippen LogP) is 2.71. The van der Waals surface area contributed by atoms with Crippen LogP contribution in [0.3, 0.4) is 0 Å². The summed E-state index contributed by atoms with van der Waals surface area (Å²) in [5.74, 6) is 0.748. The van der Waals surface area contributed by atoms with Crippen LogP contribution in [0.5, 0.6) is 0 Å². The second kappa shape index (κ2) is 4.14. The van der Waals surface area contributed by atoms with Crippen molar-refractivity contribution in [3.05, 3.63) is 35.4 Å². The van der Waals surface area contributed by atoms with E-state index >= 15 is 0 Å². The topological polar surface area (TPSA) is 12.0 Å². The van der Waals surface area contributed by atoms with E-state index in [9.17, 15) is 0 Å². The molecule has 2 unspecified atom stereocenters. The van der Waals surface area contributed by atoms with Crippen LogP contribution in [-0.4, -0.2) is 12.6 Å². The van der Waals surface area contributed by atoms with Gasteiger partial charge in [-0.2, -0.15) is 0 Å². The molecule has 0 spiro atoms. The van der Waals surface area contributed by atoms with E-state index in [1.54, 1.807) is 11.1 Å². The van der Waals surface area contributed by atoms with Gasteiger partial charge in [0.15, 0.2) is 0 Å². The molecule has 0 saturated heterocycles. The zero-order valence-corrected chi connectivity index (χ0v) is 9.09. The molecule has 1 aromatic carbocycles. The molecule has 1 N–H and O–H groups in total. The minimum Gasteiger partial charge on any atom is -0.314 e. The van der Waals surface area contributed by atoms with Crippen molar-refractivity contribution in [3.8, 4) is 0 Å². The van der Waals surface area contributed by atoms with Crippen LogP contribution in [0, 0.1) is 0 Å². The largest absolute Gasteiger partial charge is 0.314 e. The molecule has 1 aliphatic rings. The zero-order valence-electron chi connectivity index (χ0n) is 9.09. The van der Waals surface area contributed by atoms with Gasteiger partial charge in [-0.15, -0.1) is 0 Å². The first-order chi connectivity index (χ1) is 6.83. The summed E-state index contributed by atoms with van der Waals surface area (Å²) in [6, 6.07) is 9.44. The summed E-state index contributed by atoms with van der Waals surface area (Å²) in [5.41, 5.74) is 3.10. The highest BCUT2D eigenvalue weighted by atomic mass is 14.9. The van der Waals surface area contributed by atoms with E-state index in [1.165, 1.54) is 12.8 Å². The molecule has 1 aliphatic carbocycles. The lowest BCUT2D eigenvalue weighted by atomic mass is 9.74. The van der Waals surface area contributed by atoms with Crippen molar-refractivity contribution in [1.82, 2.24) is 5.32 Å². The first kappa shape index (κ1) is 9.72. The van der Waals surface area contributed by atoms with Crippen LogP contribution in [0.4, 0.5) is 0 Å². The third-order valence-corrected chi connectivity index (χ3v) is 3.21. The number of fused-ring (bicyclic) bond motifs is 1. The third kappa shape index (κ3) is 1.69. The van der Waals surface area contributed by atoms with Crippen LogP contribution >= 0.6 is 0 Å². The number of hydrogen-bond acceptors (Lipinski definition) is 1. The SMILES string of the molecule is CCCNC(C)C1Cc2ccccc21. The molecule has 2 atom stereocenters. The van der Waals surface area contributed by atoms with Crippen LogP contribution in [0.25, 0.3) is 0 Å². The lowest BCUT2D eigenvalue weighted by Crippen LogP contribution is -2.38. The average Bonchev–Trinajstić information content (AvgIpc) is 2.17. The van der Waals surface area contributed by atoms with Crippen LogP contribution in [0.1, 0.15) is 37.3 Å². The van der Waals surface area contributed by atoms with Crippen molar-refractivity contribution < 1.29 is 0 Å². The second-order valence-corrected chi connectivity index (χ2v) is 4.25. The molecule has 0 bridgehead atoms. The predicted molar refractivity (Wildman–Crippen MR) is 60.6 cm³/mol. The normalized spacial score (nSPS) is 21.1. The van der Waals surface area contributed by atoms with Crippen molar-refractivity contribution >= 4 is 0 Å². The van der Waals surface area contributed by atoms with E-state index in [0.29, 0.717) is 6.04 Å². The molecule has 0 radical (unpaired) electrons. The highest BCUT2D eigenvalue weighted by Crippen LogP contribution is 2.36. The van der Waals surface area contributed by atoms with Crippen molar-refractivity contribution in [2.45, 2.75) is 38.6 Å². The van der Waals surface area contributed by atoms with E-state index in [4.69, 9.17) is 0 Å². The van der Waals surface area contributed by atoms with Gasteiger partial charge in [0.1, 0.15) is 0 Å². The van der Waals surface area contributed by atoms with E-state index in [2.05, 4.69) is 43.4 Å². The van der Waals surface area contributed by atoms with E-state index in [1.807, 2.05) is 0 Å². The monoisotopic (exact) mass is 189 g/mol. The zero-order chi connectivity index (χ0) is 9.97. The maximum Gasteiger partial charge on any atom is 0.0111 e. The van der Waals surface area contributed by atoms with Gasteiger partial charge in [-0.25, -0.2) is 0 Å². The Balaban J connectivity index is 1.97. The number of nitrogens with one attached hydrogen (secondary N) is 1. The van der Waals surface area contributed by atoms with Gasteiger partial charge in [-0.1, -0.05) is 31.2 Å². The van der Waals surface area contributed by atoms with E-state index in [0.717, 1.165) is 12.5 Å². The highest BCUT2D eigenvalue weighted by molar-refractivity contribution is 5.40. The Labute approximate surface area is 86.5 Å². The third-order valence-electron chi connectivity index (χ3n) is 3.21. The fourth-order valence-electron chi connectivity index (χ4n) is 2.26. The highest BCUT2D eigenvalue weighted by Gasteiger charge is 2.29. The van der Waals surface area contributed by atoms with Crippen LogP contribution in [0.2, 0.25) is 0 Å². The lowest BCUT2D eigenvalue weighted by Gasteiger charge is -2.35. The van der Waals surface area contributed by atoms with E-state index < -0.39 is 0 Å². The van der Waals surface area contributed by atoms with Crippen LogP contribution in [0.15, 0.2) is 24.3 Å². The van der Waals surface area contributed by atoms with Gasteiger partial charge < -0.3 is 5.32 Å². The summed E-state index contributed by atoms with van der Waals surface area (Å²) < 4.78 is 0. The Morgan fingerprint density at radius 3 is 2.93 bits per heavy atom. The minimum atomic E-state index is 0.629. The summed E-state index contributed by atoms with van der Waals surface area (Å²) in [4.78, 5) is 0. The number of rotatable bonds is 4. The Hall–Kier alpha value is -0.820. The van der Waals surface area contributed by atoms with Crippen LogP contribution < -0.4 is 5.32 Å². The minimum absolute atomic E-state index is 0.629. The Bertz CT molecular complexity index is 306. The van der Waals surface area contributed by atoms with Gasteiger partial charge in [0.25, 0.3) is 0 Å². The Morgan fingerprint density at radius 1 is 1.43 bits per heavy atom. The van der Waals surface area contributed by atoms with Gasteiger partial charge >= 0.3 is 0 Å². The summed E-state index contributed by atoms with van der Waals surface area (Å²) >= 11 is 0. The summed E-state index contributed by atoms with van der Waals surface area (Å²) in [5, 5.41) is 3.58. The van der Waals surface area contributed by atoms with Crippen molar-refractivity contribution in [2.75, 3.05) is 6.54 Å². The summed E-state index contributed by atoms with van der Waals surface area (Å²) in [7, 11) is 0. The van der Waals surface area contributed by atoms with Crippen LogP contribution in [-0.2, 0) is 6.42 Å². The molecule has 2 rings (SSSR count). The molecular formula is C13H19N. The Morgan fingerprint density at radius 2 is 2.21 bits per heavy atom. The first-order valence-corrected chi connectivity index (χ1v) is 5.64. The molecule has 1 nitrogen and oxygen atoms in total. The number of benzene rings is 1. The number of hydrogen-bond donors (Lipinski definition) is 1. The fraction of sp³-hybridized carbons (Fsp3) is 0.538. The van der Waals surface area contributed by atoms with Crippen molar-refractivity contribution in [3.63, 3.8) is 0 Å². The molecule has 14 heavy (non-hydrogen) atoms. The molecule has 0 aromatic heterocycles. The Kier molecular flexibility index (Phi) is 2.87. The molecule has 0 heterocycles. The molecule has 0 aliphatic heterocycles. The average molecular weight is 189 g/mol. The quantitative estimate of drug-likeness (QED) is 0.768. The molecule has 0 amide bonds. The van der Waals surface area contributed by atoms with E-state index in [-0.39, 0.29) is 0 Å². The van der Waals surface area contributed by atoms with Gasteiger partial charge in [-0.05, 0) is 37.4 Å². The molecule has 0 fully saturated rings. The molecule has 76 valence electrons. The first-order valence-electron chi connectivity index (χ1n) is 5.64.